The third-order valence-electron chi connectivity index (χ3n) is 8.13. The second-order valence-corrected chi connectivity index (χ2v) is 13.8. The molecule has 1 saturated heterocycles. The highest BCUT2D eigenvalue weighted by molar-refractivity contribution is 7.54. The van der Waals surface area contributed by atoms with Crippen LogP contribution in [-0.4, -0.2) is 80.6 Å². The predicted molar refractivity (Wildman–Crippen MR) is 165 cm³/mol. The molecule has 1 aliphatic heterocycles. The van der Waals surface area contributed by atoms with E-state index in [1.165, 1.54) is 13.5 Å². The fourth-order valence-corrected chi connectivity index (χ4v) is 8.03. The van der Waals surface area contributed by atoms with E-state index in [-0.39, 0.29) is 44.4 Å². The van der Waals surface area contributed by atoms with Crippen molar-refractivity contribution < 1.29 is 37.8 Å². The van der Waals surface area contributed by atoms with Gasteiger partial charge in [0.25, 0.3) is 0 Å². The summed E-state index contributed by atoms with van der Waals surface area (Å²) < 4.78 is 35.4. The Balaban J connectivity index is 1.75. The van der Waals surface area contributed by atoms with E-state index in [0.29, 0.717) is 30.5 Å². The van der Waals surface area contributed by atoms with E-state index in [1.807, 2.05) is 18.2 Å². The van der Waals surface area contributed by atoms with Gasteiger partial charge < -0.3 is 39.2 Å². The second kappa shape index (κ2) is 18.2. The first-order valence-corrected chi connectivity index (χ1v) is 17.5. The SMILES string of the molecule is CCOP(=O)(OCC)[C@H](O)[C@H](CC1CCCCC1)NC(=O)N1CCCC(C(OCCNC(=O)OC)c2cccc(Cl)c2)C1. The summed E-state index contributed by atoms with van der Waals surface area (Å²) in [4.78, 5) is 26.9. The molecular formula is C30H49ClN3O8P. The van der Waals surface area contributed by atoms with E-state index in [9.17, 15) is 19.3 Å². The summed E-state index contributed by atoms with van der Waals surface area (Å²) in [6, 6.07) is 6.33. The van der Waals surface area contributed by atoms with Crippen LogP contribution in [-0.2, 0) is 23.1 Å². The number of methoxy groups -OCH3 is 1. The lowest BCUT2D eigenvalue weighted by Gasteiger charge is -2.39. The van der Waals surface area contributed by atoms with E-state index in [4.69, 9.17) is 25.4 Å². The molecule has 13 heteroatoms. The van der Waals surface area contributed by atoms with Gasteiger partial charge in [0.05, 0.1) is 39.1 Å². The Morgan fingerprint density at radius 3 is 2.49 bits per heavy atom. The number of aliphatic hydroxyl groups is 1. The summed E-state index contributed by atoms with van der Waals surface area (Å²) in [7, 11) is -2.57. The first-order chi connectivity index (χ1) is 20.7. The molecule has 2 fully saturated rings. The van der Waals surface area contributed by atoms with Crippen LogP contribution in [0, 0.1) is 11.8 Å². The minimum atomic E-state index is -3.88. The molecule has 1 heterocycles. The smallest absolute Gasteiger partial charge is 0.406 e. The molecule has 0 spiro atoms. The number of ether oxygens (including phenoxy) is 2. The number of amides is 3. The molecule has 0 bridgehead atoms. The summed E-state index contributed by atoms with van der Waals surface area (Å²) in [5.41, 5.74) is 0.887. The summed E-state index contributed by atoms with van der Waals surface area (Å²) in [5, 5.41) is 17.6. The average Bonchev–Trinajstić information content (AvgIpc) is 3.01. The van der Waals surface area contributed by atoms with Crippen LogP contribution in [0.15, 0.2) is 24.3 Å². The van der Waals surface area contributed by atoms with E-state index in [0.717, 1.165) is 44.1 Å². The lowest BCUT2D eigenvalue weighted by molar-refractivity contribution is -0.00890. The molecule has 2 aliphatic rings. The van der Waals surface area contributed by atoms with Crippen molar-refractivity contribution >= 4 is 31.3 Å². The zero-order valence-electron chi connectivity index (χ0n) is 25.7. The van der Waals surface area contributed by atoms with Gasteiger partial charge in [0, 0.05) is 30.6 Å². The van der Waals surface area contributed by atoms with E-state index >= 15 is 0 Å². The highest BCUT2D eigenvalue weighted by Crippen LogP contribution is 2.54. The molecule has 0 radical (unpaired) electrons. The van der Waals surface area contributed by atoms with E-state index < -0.39 is 25.6 Å². The quantitative estimate of drug-likeness (QED) is 0.154. The topological polar surface area (TPSA) is 136 Å². The number of nitrogens with one attached hydrogen (secondary N) is 2. The maximum Gasteiger partial charge on any atom is 0.406 e. The number of carbonyl (C=O) groups is 2. The van der Waals surface area contributed by atoms with Crippen LogP contribution in [0.25, 0.3) is 0 Å². The first-order valence-electron chi connectivity index (χ1n) is 15.5. The number of benzene rings is 1. The normalized spacial score (nSPS) is 20.2. The summed E-state index contributed by atoms with van der Waals surface area (Å²) >= 11 is 6.31. The number of carbonyl (C=O) groups excluding carboxylic acids is 2. The van der Waals surface area contributed by atoms with Crippen molar-refractivity contribution in [2.45, 2.75) is 83.2 Å². The molecule has 11 nitrogen and oxygen atoms in total. The first kappa shape index (κ1) is 35.6. The van der Waals surface area contributed by atoms with Crippen LogP contribution in [0.1, 0.15) is 76.9 Å². The van der Waals surface area contributed by atoms with Gasteiger partial charge in [0.15, 0.2) is 5.85 Å². The fraction of sp³-hybridized carbons (Fsp3) is 0.733. The van der Waals surface area contributed by atoms with E-state index in [1.54, 1.807) is 24.8 Å². The molecule has 2 unspecified atom stereocenters. The van der Waals surface area contributed by atoms with Gasteiger partial charge in [0.1, 0.15) is 0 Å². The third-order valence-corrected chi connectivity index (χ3v) is 10.6. The molecule has 3 N–H and O–H groups in total. The van der Waals surface area contributed by atoms with Gasteiger partial charge in [-0.05, 0) is 56.7 Å². The Labute approximate surface area is 260 Å². The Kier molecular flexibility index (Phi) is 15.0. The summed E-state index contributed by atoms with van der Waals surface area (Å²) in [5.74, 6) is -1.22. The average molecular weight is 646 g/mol. The van der Waals surface area contributed by atoms with Crippen molar-refractivity contribution in [3.05, 3.63) is 34.9 Å². The van der Waals surface area contributed by atoms with Crippen molar-refractivity contribution in [1.82, 2.24) is 15.5 Å². The van der Waals surface area contributed by atoms with Gasteiger partial charge in [-0.3, -0.25) is 4.57 Å². The largest absolute Gasteiger partial charge is 0.453 e. The molecule has 1 aromatic carbocycles. The van der Waals surface area contributed by atoms with Gasteiger partial charge in [-0.2, -0.15) is 0 Å². The molecular weight excluding hydrogens is 597 g/mol. The van der Waals surface area contributed by atoms with Crippen LogP contribution < -0.4 is 10.6 Å². The number of hydrogen-bond donors (Lipinski definition) is 3. The van der Waals surface area contributed by atoms with Crippen LogP contribution in [0.2, 0.25) is 5.02 Å². The second-order valence-electron chi connectivity index (χ2n) is 11.2. The zero-order chi connectivity index (χ0) is 31.2. The van der Waals surface area contributed by atoms with Crippen LogP contribution in [0.5, 0.6) is 0 Å². The molecule has 3 rings (SSSR count). The molecule has 0 aromatic heterocycles. The van der Waals surface area contributed by atoms with Gasteiger partial charge in [-0.1, -0.05) is 55.8 Å². The molecule has 1 aliphatic carbocycles. The van der Waals surface area contributed by atoms with E-state index in [2.05, 4.69) is 15.4 Å². The molecule has 43 heavy (non-hydrogen) atoms. The van der Waals surface area contributed by atoms with Gasteiger partial charge in [0.2, 0.25) is 0 Å². The molecule has 1 saturated carbocycles. The minimum absolute atomic E-state index is 0.0456. The summed E-state index contributed by atoms with van der Waals surface area (Å²) in [6.45, 7) is 5.09. The summed E-state index contributed by atoms with van der Waals surface area (Å²) in [6.07, 6.45) is 6.55. The highest BCUT2D eigenvalue weighted by Gasteiger charge is 2.42. The van der Waals surface area contributed by atoms with Crippen molar-refractivity contribution in [2.75, 3.05) is 46.6 Å². The number of piperidine rings is 1. The lowest BCUT2D eigenvalue weighted by Crippen LogP contribution is -2.53. The Hall–Kier alpha value is -1.88. The number of nitrogens with zero attached hydrogens (tertiary/aromatic N) is 1. The van der Waals surface area contributed by atoms with Gasteiger partial charge in [-0.25, -0.2) is 9.59 Å². The molecule has 244 valence electrons. The number of rotatable bonds is 15. The number of likely N-dealkylation sites (tertiary alicyclic amines) is 1. The highest BCUT2D eigenvalue weighted by atomic mass is 35.5. The van der Waals surface area contributed by atoms with Gasteiger partial charge >= 0.3 is 19.7 Å². The molecule has 4 atom stereocenters. The van der Waals surface area contributed by atoms with Crippen molar-refractivity contribution in [3.63, 3.8) is 0 Å². The molecule has 3 amide bonds. The maximum absolute atomic E-state index is 13.7. The van der Waals surface area contributed by atoms with Gasteiger partial charge in [-0.15, -0.1) is 0 Å². The zero-order valence-corrected chi connectivity index (χ0v) is 27.3. The van der Waals surface area contributed by atoms with Crippen molar-refractivity contribution in [2.24, 2.45) is 11.8 Å². The fourth-order valence-electron chi connectivity index (χ4n) is 6.10. The maximum atomic E-state index is 13.7. The number of aliphatic hydroxyl groups excluding tert-OH is 1. The predicted octanol–water partition coefficient (Wildman–Crippen LogP) is 6.10. The third kappa shape index (κ3) is 10.9. The Morgan fingerprint density at radius 1 is 1.12 bits per heavy atom. The number of hydrogen-bond acceptors (Lipinski definition) is 8. The number of urea groups is 1. The monoisotopic (exact) mass is 645 g/mol. The minimum Gasteiger partial charge on any atom is -0.453 e. The van der Waals surface area contributed by atoms with Crippen LogP contribution in [0.3, 0.4) is 0 Å². The Bertz CT molecular complexity index is 1050. The molecule has 1 aromatic rings. The van der Waals surface area contributed by atoms with Crippen LogP contribution >= 0.6 is 19.2 Å². The van der Waals surface area contributed by atoms with Crippen molar-refractivity contribution in [3.8, 4) is 0 Å². The van der Waals surface area contributed by atoms with Crippen LogP contribution in [0.4, 0.5) is 9.59 Å². The Morgan fingerprint density at radius 2 is 1.84 bits per heavy atom. The standard InChI is InChI=1S/C30H49ClN3O8P/c1-4-41-43(38,42-5-2)28(35)26(19-22-11-7-6-8-12-22)33-29(36)34-17-10-14-24(21-34)27(23-13-9-15-25(31)20-23)40-18-16-32-30(37)39-3/h9,13,15,20,22,24,26-28,35H,4-8,10-12,14,16-19,21H2,1-3H3,(H,32,37)(H,33,36)/t24?,26-,27?,28-/m0/s1. The lowest BCUT2D eigenvalue weighted by atomic mass is 9.85. The number of alkyl carbamates (subject to hydrolysis) is 1. The van der Waals surface area contributed by atoms with Crippen molar-refractivity contribution in [1.29, 1.82) is 0 Å². The number of halogens is 1.